The number of rotatable bonds is 17. The number of amides is 5. The molecule has 0 aliphatic carbocycles. The highest BCUT2D eigenvalue weighted by Crippen LogP contribution is 2.17. The molecular weight excluding hydrogens is 670 g/mol. The number of benzene rings is 1. The normalized spacial score (nSPS) is 20.4. The van der Waals surface area contributed by atoms with Crippen molar-refractivity contribution in [3.63, 3.8) is 0 Å². The number of nitrogens with one attached hydrogen (secondary N) is 4. The number of carbonyl (C=O) groups excluding carboxylic acids is 6. The summed E-state index contributed by atoms with van der Waals surface area (Å²) in [5.74, 6) is -4.50. The highest BCUT2D eigenvalue weighted by molar-refractivity contribution is 5.95. The maximum atomic E-state index is 13.6. The molecule has 0 unspecified atom stereocenters. The summed E-state index contributed by atoms with van der Waals surface area (Å²) in [5.41, 5.74) is 0.642. The number of phenols is 1. The summed E-state index contributed by atoms with van der Waals surface area (Å²) in [5, 5.41) is 30.1. The minimum absolute atomic E-state index is 0.0314. The van der Waals surface area contributed by atoms with Crippen LogP contribution in [0.25, 0.3) is 0 Å². The lowest BCUT2D eigenvalue weighted by Gasteiger charge is -2.32. The molecule has 0 fully saturated rings. The van der Waals surface area contributed by atoms with E-state index in [0.717, 1.165) is 38.2 Å². The van der Waals surface area contributed by atoms with Crippen molar-refractivity contribution in [1.29, 1.82) is 0 Å². The van der Waals surface area contributed by atoms with Crippen LogP contribution in [0.15, 0.2) is 48.6 Å². The third-order valence-corrected chi connectivity index (χ3v) is 8.67. The van der Waals surface area contributed by atoms with Gasteiger partial charge in [0, 0.05) is 26.0 Å². The second kappa shape index (κ2) is 22.3. The van der Waals surface area contributed by atoms with Crippen LogP contribution in [0.5, 0.6) is 5.75 Å². The predicted octanol–water partition coefficient (Wildman–Crippen LogP) is 2.03. The quantitative estimate of drug-likeness (QED) is 0.0789. The molecule has 14 heteroatoms. The smallest absolute Gasteiger partial charge is 0.329 e. The van der Waals surface area contributed by atoms with Crippen LogP contribution in [0.3, 0.4) is 0 Å². The van der Waals surface area contributed by atoms with Crippen LogP contribution >= 0.6 is 0 Å². The summed E-state index contributed by atoms with van der Waals surface area (Å²) in [7, 11) is 1.45. The van der Waals surface area contributed by atoms with Crippen LogP contribution < -0.4 is 21.3 Å². The molecule has 0 saturated carbocycles. The van der Waals surface area contributed by atoms with Crippen LogP contribution in [0.1, 0.15) is 78.7 Å². The first-order chi connectivity index (χ1) is 24.7. The SMILES string of the molecule is CCCCCC/C=C\CC(=O)N[C@@H](CO)C(=O)N[C@H](C(=O)N[C@@H]1/C=C/C(=O)N[C@@H](C(C)C)C(=O)N(C)[C@@H](Cc2ccc(O)cc2)C(=O)OC1)C(C)C. The van der Waals surface area contributed by atoms with E-state index in [9.17, 15) is 39.0 Å². The van der Waals surface area contributed by atoms with E-state index in [4.69, 9.17) is 4.74 Å². The van der Waals surface area contributed by atoms with E-state index in [1.807, 2.05) is 6.08 Å². The first kappa shape index (κ1) is 43.4. The zero-order valence-electron chi connectivity index (χ0n) is 31.2. The molecule has 288 valence electrons. The molecule has 5 amide bonds. The maximum Gasteiger partial charge on any atom is 0.329 e. The summed E-state index contributed by atoms with van der Waals surface area (Å²) < 4.78 is 5.62. The van der Waals surface area contributed by atoms with Gasteiger partial charge in [0.15, 0.2) is 0 Å². The van der Waals surface area contributed by atoms with E-state index >= 15 is 0 Å². The van der Waals surface area contributed by atoms with Crippen molar-refractivity contribution < 1.29 is 43.7 Å². The zero-order chi connectivity index (χ0) is 38.8. The lowest BCUT2D eigenvalue weighted by atomic mass is 9.99. The van der Waals surface area contributed by atoms with Gasteiger partial charge in [0.1, 0.15) is 36.5 Å². The zero-order valence-corrected chi connectivity index (χ0v) is 31.2. The van der Waals surface area contributed by atoms with Crippen molar-refractivity contribution in [1.82, 2.24) is 26.2 Å². The van der Waals surface area contributed by atoms with Gasteiger partial charge >= 0.3 is 5.97 Å². The average molecular weight is 728 g/mol. The molecule has 0 saturated heterocycles. The number of aliphatic hydroxyl groups excluding tert-OH is 1. The Kier molecular flexibility index (Phi) is 18.6. The molecule has 0 bridgehead atoms. The minimum atomic E-state index is -1.30. The third kappa shape index (κ3) is 14.5. The van der Waals surface area contributed by atoms with Gasteiger partial charge in [-0.1, -0.05) is 84.2 Å². The van der Waals surface area contributed by atoms with Crippen molar-refractivity contribution in [3.8, 4) is 5.75 Å². The highest BCUT2D eigenvalue weighted by Gasteiger charge is 2.36. The second-order valence-corrected chi connectivity index (χ2v) is 13.7. The number of hydrogen-bond donors (Lipinski definition) is 6. The van der Waals surface area contributed by atoms with Crippen LogP contribution in [0, 0.1) is 11.8 Å². The number of nitrogens with zero attached hydrogens (tertiary/aromatic N) is 1. The van der Waals surface area contributed by atoms with Gasteiger partial charge in [-0.15, -0.1) is 0 Å². The van der Waals surface area contributed by atoms with Crippen LogP contribution in [0.4, 0.5) is 0 Å². The topological polar surface area (TPSA) is 203 Å². The van der Waals surface area contributed by atoms with Gasteiger partial charge in [-0.3, -0.25) is 24.0 Å². The fraction of sp³-hybridized carbons (Fsp3) is 0.579. The number of likely N-dealkylation sites (N-methyl/N-ethyl adjacent to an activating group) is 1. The number of aliphatic hydroxyl groups is 1. The average Bonchev–Trinajstić information content (AvgIpc) is 3.10. The number of allylic oxidation sites excluding steroid dienone is 1. The number of aromatic hydroxyl groups is 1. The molecular formula is C38H57N5O9. The molecule has 0 spiro atoms. The lowest BCUT2D eigenvalue weighted by Crippen LogP contribution is -2.58. The molecule has 2 rings (SSSR count). The predicted molar refractivity (Wildman–Crippen MR) is 195 cm³/mol. The number of esters is 1. The maximum absolute atomic E-state index is 13.6. The molecule has 14 nitrogen and oxygen atoms in total. The Hall–Kier alpha value is -4.72. The van der Waals surface area contributed by atoms with Crippen LogP contribution in [0.2, 0.25) is 0 Å². The Morgan fingerprint density at radius 2 is 1.69 bits per heavy atom. The number of phenolic OH excluding ortho intramolecular Hbond substituents is 1. The number of carbonyl (C=O) groups is 6. The summed E-state index contributed by atoms with van der Waals surface area (Å²) in [6.45, 7) is 7.93. The van der Waals surface area contributed by atoms with Gasteiger partial charge in [-0.2, -0.15) is 0 Å². The number of ether oxygens (including phenoxy) is 1. The minimum Gasteiger partial charge on any atom is -0.508 e. The Labute approximate surface area is 306 Å². The van der Waals surface area contributed by atoms with Crippen molar-refractivity contribution in [3.05, 3.63) is 54.1 Å². The molecule has 6 N–H and O–H groups in total. The fourth-order valence-corrected chi connectivity index (χ4v) is 5.44. The molecule has 52 heavy (non-hydrogen) atoms. The number of hydrogen-bond acceptors (Lipinski definition) is 9. The molecule has 0 radical (unpaired) electrons. The van der Waals surface area contributed by atoms with E-state index in [1.165, 1.54) is 30.2 Å². The molecule has 1 aromatic rings. The molecule has 0 aromatic heterocycles. The molecule has 1 aliphatic heterocycles. The van der Waals surface area contributed by atoms with E-state index in [1.54, 1.807) is 45.9 Å². The van der Waals surface area contributed by atoms with Gasteiger partial charge in [-0.25, -0.2) is 4.79 Å². The third-order valence-electron chi connectivity index (χ3n) is 8.67. The van der Waals surface area contributed by atoms with Crippen LogP contribution in [-0.2, 0) is 39.9 Å². The van der Waals surface area contributed by atoms with Crippen molar-refractivity contribution in [2.24, 2.45) is 11.8 Å². The van der Waals surface area contributed by atoms with Gasteiger partial charge in [-0.05, 0) is 42.4 Å². The summed E-state index contributed by atoms with van der Waals surface area (Å²) >= 11 is 0. The molecule has 1 aliphatic rings. The first-order valence-corrected chi connectivity index (χ1v) is 18.0. The van der Waals surface area contributed by atoms with Crippen molar-refractivity contribution >= 4 is 35.5 Å². The van der Waals surface area contributed by atoms with Gasteiger partial charge < -0.3 is 41.1 Å². The molecule has 5 atom stereocenters. The Morgan fingerprint density at radius 1 is 1.00 bits per heavy atom. The highest BCUT2D eigenvalue weighted by atomic mass is 16.5. The first-order valence-electron chi connectivity index (χ1n) is 18.0. The Balaban J connectivity index is 2.20. The van der Waals surface area contributed by atoms with E-state index in [-0.39, 0.29) is 24.5 Å². The van der Waals surface area contributed by atoms with Crippen LogP contribution in [-0.4, -0.2) is 101 Å². The van der Waals surface area contributed by atoms with Gasteiger partial charge in [0.25, 0.3) is 0 Å². The van der Waals surface area contributed by atoms with Crippen molar-refractivity contribution in [2.75, 3.05) is 20.3 Å². The molecule has 1 aromatic carbocycles. The van der Waals surface area contributed by atoms with E-state index in [2.05, 4.69) is 28.2 Å². The Bertz CT molecular complexity index is 1410. The Morgan fingerprint density at radius 3 is 2.31 bits per heavy atom. The fourth-order valence-electron chi connectivity index (χ4n) is 5.44. The number of cyclic esters (lactones) is 1. The summed E-state index contributed by atoms with van der Waals surface area (Å²) in [6, 6.07) is 0.620. The standard InChI is InChI=1S/C38H57N5O9/c1-7-8-9-10-11-12-13-14-31(46)40-29(22-44)35(48)42-33(24(2)3)36(49)39-27-17-20-32(47)41-34(25(4)5)37(50)43(6)30(38(51)52-23-27)21-26-15-18-28(45)19-16-26/h12-13,15-20,24-25,27,29-30,33-34,44-45H,7-11,14,21-23H2,1-6H3,(H,39,49)(H,40,46)(H,41,47)(H,42,48)/b13-12-,20-17+/t27-,29+,30+,33+,34+/m1/s1. The summed E-state index contributed by atoms with van der Waals surface area (Å²) in [4.78, 5) is 80.4. The lowest BCUT2D eigenvalue weighted by molar-refractivity contribution is -0.156. The van der Waals surface area contributed by atoms with E-state index < -0.39 is 84.8 Å². The molecule has 1 heterocycles. The van der Waals surface area contributed by atoms with Gasteiger partial charge in [0.05, 0.1) is 12.6 Å². The van der Waals surface area contributed by atoms with Crippen molar-refractivity contribution in [2.45, 2.75) is 110 Å². The summed E-state index contributed by atoms with van der Waals surface area (Å²) in [6.07, 6.45) is 11.4. The largest absolute Gasteiger partial charge is 0.508 e. The van der Waals surface area contributed by atoms with Gasteiger partial charge in [0.2, 0.25) is 29.5 Å². The second-order valence-electron chi connectivity index (χ2n) is 13.7. The van der Waals surface area contributed by atoms with E-state index in [0.29, 0.717) is 5.56 Å². The monoisotopic (exact) mass is 727 g/mol. The number of unbranched alkanes of at least 4 members (excludes halogenated alkanes) is 4.